The van der Waals surface area contributed by atoms with E-state index in [0.29, 0.717) is 13.2 Å². The Morgan fingerprint density at radius 3 is 2.75 bits per heavy atom. The molecule has 72 valence electrons. The molecular formula is C8H18N2O2. The van der Waals surface area contributed by atoms with Crippen molar-refractivity contribution in [1.29, 1.82) is 0 Å². The molecule has 0 aromatic rings. The number of amides is 1. The number of hydrogen-bond acceptors (Lipinski definition) is 3. The van der Waals surface area contributed by atoms with Gasteiger partial charge >= 0.3 is 0 Å². The summed E-state index contributed by atoms with van der Waals surface area (Å²) in [5.41, 5.74) is 0. The topological polar surface area (TPSA) is 50.4 Å². The minimum atomic E-state index is 0.0152. The van der Waals surface area contributed by atoms with Gasteiger partial charge in [-0.3, -0.25) is 4.79 Å². The molecule has 1 unspecified atom stereocenters. The van der Waals surface area contributed by atoms with E-state index in [0.717, 1.165) is 6.54 Å². The average Bonchev–Trinajstić information content (AvgIpc) is 2.01. The fourth-order valence-corrected chi connectivity index (χ4v) is 0.856. The number of methoxy groups -OCH3 is 1. The molecule has 0 radical (unpaired) electrons. The number of rotatable bonds is 6. The minimum absolute atomic E-state index is 0.0152. The lowest BCUT2D eigenvalue weighted by Crippen LogP contribution is -2.40. The zero-order valence-corrected chi connectivity index (χ0v) is 8.02. The van der Waals surface area contributed by atoms with Crippen LogP contribution in [0.3, 0.4) is 0 Å². The molecular weight excluding hydrogens is 156 g/mol. The van der Waals surface area contributed by atoms with Crippen LogP contribution in [-0.2, 0) is 9.53 Å². The van der Waals surface area contributed by atoms with Gasteiger partial charge in [-0.2, -0.15) is 0 Å². The van der Waals surface area contributed by atoms with Crippen molar-refractivity contribution in [2.45, 2.75) is 19.9 Å². The maximum atomic E-state index is 11.1. The van der Waals surface area contributed by atoms with Crippen LogP contribution in [0.15, 0.2) is 0 Å². The summed E-state index contributed by atoms with van der Waals surface area (Å²) >= 11 is 0. The van der Waals surface area contributed by atoms with E-state index in [1.54, 1.807) is 7.11 Å². The number of ether oxygens (including phenoxy) is 1. The summed E-state index contributed by atoms with van der Waals surface area (Å²) in [7, 11) is 1.62. The van der Waals surface area contributed by atoms with Gasteiger partial charge in [0, 0.05) is 13.2 Å². The van der Waals surface area contributed by atoms with E-state index in [2.05, 4.69) is 10.6 Å². The van der Waals surface area contributed by atoms with Crippen molar-refractivity contribution in [3.8, 4) is 0 Å². The third-order valence-electron chi connectivity index (χ3n) is 1.36. The van der Waals surface area contributed by atoms with Crippen molar-refractivity contribution in [1.82, 2.24) is 10.6 Å². The lowest BCUT2D eigenvalue weighted by Gasteiger charge is -2.12. The Balaban J connectivity index is 3.40. The Kier molecular flexibility index (Phi) is 6.70. The molecule has 0 aliphatic carbocycles. The first-order valence-corrected chi connectivity index (χ1v) is 4.19. The summed E-state index contributed by atoms with van der Waals surface area (Å²) in [6, 6.07) is 0.0844. The highest BCUT2D eigenvalue weighted by atomic mass is 16.5. The molecule has 1 amide bonds. The fourth-order valence-electron chi connectivity index (χ4n) is 0.856. The molecule has 1 atom stereocenters. The lowest BCUT2D eigenvalue weighted by atomic mass is 10.3. The van der Waals surface area contributed by atoms with Gasteiger partial charge in [0.05, 0.1) is 13.2 Å². The van der Waals surface area contributed by atoms with Gasteiger partial charge in [0.15, 0.2) is 0 Å². The second kappa shape index (κ2) is 7.06. The van der Waals surface area contributed by atoms with Crippen molar-refractivity contribution >= 4 is 5.91 Å². The molecule has 4 heteroatoms. The zero-order valence-electron chi connectivity index (χ0n) is 8.02. The second-order valence-electron chi connectivity index (χ2n) is 2.70. The van der Waals surface area contributed by atoms with E-state index in [4.69, 9.17) is 4.74 Å². The van der Waals surface area contributed by atoms with Gasteiger partial charge in [-0.1, -0.05) is 6.92 Å². The number of likely N-dealkylation sites (N-methyl/N-ethyl adjacent to an activating group) is 1. The highest BCUT2D eigenvalue weighted by Gasteiger charge is 2.04. The van der Waals surface area contributed by atoms with Gasteiger partial charge in [0.2, 0.25) is 5.91 Å². The molecule has 12 heavy (non-hydrogen) atoms. The molecule has 0 aromatic carbocycles. The Bertz CT molecular complexity index is 128. The van der Waals surface area contributed by atoms with Gasteiger partial charge in [-0.25, -0.2) is 0 Å². The van der Waals surface area contributed by atoms with Crippen LogP contribution in [0.5, 0.6) is 0 Å². The van der Waals surface area contributed by atoms with Gasteiger partial charge in [-0.15, -0.1) is 0 Å². The molecule has 4 nitrogen and oxygen atoms in total. The molecule has 0 saturated heterocycles. The summed E-state index contributed by atoms with van der Waals surface area (Å²) in [6.45, 7) is 5.62. The Morgan fingerprint density at radius 2 is 2.25 bits per heavy atom. The van der Waals surface area contributed by atoms with Gasteiger partial charge in [-0.05, 0) is 13.5 Å². The normalized spacial score (nSPS) is 12.6. The van der Waals surface area contributed by atoms with Gasteiger partial charge < -0.3 is 15.4 Å². The highest BCUT2D eigenvalue weighted by molar-refractivity contribution is 5.78. The largest absolute Gasteiger partial charge is 0.383 e. The monoisotopic (exact) mass is 174 g/mol. The van der Waals surface area contributed by atoms with Crippen LogP contribution in [0.4, 0.5) is 0 Å². The third kappa shape index (κ3) is 6.12. The summed E-state index contributed by atoms with van der Waals surface area (Å²) < 4.78 is 4.87. The minimum Gasteiger partial charge on any atom is -0.383 e. The fraction of sp³-hybridized carbons (Fsp3) is 0.875. The van der Waals surface area contributed by atoms with Gasteiger partial charge in [0.25, 0.3) is 0 Å². The molecule has 2 N–H and O–H groups in total. The smallest absolute Gasteiger partial charge is 0.234 e. The summed E-state index contributed by atoms with van der Waals surface area (Å²) in [4.78, 5) is 11.1. The van der Waals surface area contributed by atoms with Crippen molar-refractivity contribution in [3.05, 3.63) is 0 Å². The Morgan fingerprint density at radius 1 is 1.58 bits per heavy atom. The lowest BCUT2D eigenvalue weighted by molar-refractivity contribution is -0.121. The molecule has 0 aliphatic rings. The van der Waals surface area contributed by atoms with Crippen LogP contribution in [0.2, 0.25) is 0 Å². The SMILES string of the molecule is CCNCC(=O)NC(C)COC. The first kappa shape index (κ1) is 11.4. The first-order chi connectivity index (χ1) is 5.70. The third-order valence-corrected chi connectivity index (χ3v) is 1.36. The van der Waals surface area contributed by atoms with E-state index in [1.165, 1.54) is 0 Å². The van der Waals surface area contributed by atoms with Crippen LogP contribution in [0.25, 0.3) is 0 Å². The van der Waals surface area contributed by atoms with Crippen molar-refractivity contribution < 1.29 is 9.53 Å². The number of carbonyl (C=O) groups excluding carboxylic acids is 1. The maximum absolute atomic E-state index is 11.1. The van der Waals surface area contributed by atoms with Crippen molar-refractivity contribution in [2.75, 3.05) is 26.8 Å². The van der Waals surface area contributed by atoms with Crippen LogP contribution < -0.4 is 10.6 Å². The Labute approximate surface area is 73.7 Å². The van der Waals surface area contributed by atoms with Crippen molar-refractivity contribution in [3.63, 3.8) is 0 Å². The predicted molar refractivity (Wildman–Crippen MR) is 48.0 cm³/mol. The molecule has 0 aromatic heterocycles. The standard InChI is InChI=1S/C8H18N2O2/c1-4-9-5-8(11)10-7(2)6-12-3/h7,9H,4-6H2,1-3H3,(H,10,11). The summed E-state index contributed by atoms with van der Waals surface area (Å²) in [5, 5.41) is 5.73. The van der Waals surface area contributed by atoms with E-state index in [1.807, 2.05) is 13.8 Å². The van der Waals surface area contributed by atoms with Crippen molar-refractivity contribution in [2.24, 2.45) is 0 Å². The van der Waals surface area contributed by atoms with Crippen LogP contribution >= 0.6 is 0 Å². The molecule has 0 bridgehead atoms. The molecule has 0 rings (SSSR count). The van der Waals surface area contributed by atoms with Crippen LogP contribution in [0.1, 0.15) is 13.8 Å². The maximum Gasteiger partial charge on any atom is 0.234 e. The zero-order chi connectivity index (χ0) is 9.40. The van der Waals surface area contributed by atoms with Crippen LogP contribution in [-0.4, -0.2) is 38.8 Å². The first-order valence-electron chi connectivity index (χ1n) is 4.19. The second-order valence-corrected chi connectivity index (χ2v) is 2.70. The number of nitrogens with one attached hydrogen (secondary N) is 2. The molecule has 0 spiro atoms. The number of carbonyl (C=O) groups is 1. The van der Waals surface area contributed by atoms with E-state index in [9.17, 15) is 4.79 Å². The van der Waals surface area contributed by atoms with Gasteiger partial charge in [0.1, 0.15) is 0 Å². The predicted octanol–water partition coefficient (Wildman–Crippen LogP) is -0.253. The molecule has 0 fully saturated rings. The number of hydrogen-bond donors (Lipinski definition) is 2. The molecule has 0 saturated carbocycles. The summed E-state index contributed by atoms with van der Waals surface area (Å²) in [6.07, 6.45) is 0. The Hall–Kier alpha value is -0.610. The van der Waals surface area contributed by atoms with E-state index in [-0.39, 0.29) is 11.9 Å². The summed E-state index contributed by atoms with van der Waals surface area (Å²) in [5.74, 6) is 0.0152. The highest BCUT2D eigenvalue weighted by Crippen LogP contribution is 1.81. The average molecular weight is 174 g/mol. The van der Waals surface area contributed by atoms with Crippen LogP contribution in [0, 0.1) is 0 Å². The molecule has 0 heterocycles. The molecule has 0 aliphatic heterocycles. The quantitative estimate of drug-likeness (QED) is 0.583. The van der Waals surface area contributed by atoms with E-state index >= 15 is 0 Å². The van der Waals surface area contributed by atoms with E-state index < -0.39 is 0 Å².